The van der Waals surface area contributed by atoms with E-state index in [1.807, 2.05) is 0 Å². The van der Waals surface area contributed by atoms with Crippen LogP contribution in [0.4, 0.5) is 0 Å². The van der Waals surface area contributed by atoms with Gasteiger partial charge in [-0.05, 0) is 43.8 Å². The molecule has 4 N–H and O–H groups in total. The van der Waals surface area contributed by atoms with Gasteiger partial charge in [-0.3, -0.25) is 0 Å². The summed E-state index contributed by atoms with van der Waals surface area (Å²) in [6.45, 7) is 11.4. The van der Waals surface area contributed by atoms with Crippen LogP contribution in [0.15, 0.2) is 0 Å². The largest absolute Gasteiger partial charge is 0.412 e. The molecule has 2 bridgehead atoms. The average molecular weight is 256 g/mol. The van der Waals surface area contributed by atoms with Crippen molar-refractivity contribution in [3.63, 3.8) is 0 Å². The molecule has 2 rings (SSSR count). The summed E-state index contributed by atoms with van der Waals surface area (Å²) in [6, 6.07) is 0. The predicted octanol–water partition coefficient (Wildman–Crippen LogP) is 2.36. The number of hydrogen-bond donors (Lipinski definition) is 2. The normalized spacial score (nSPS) is 42.2. The van der Waals surface area contributed by atoms with E-state index in [2.05, 4.69) is 33.9 Å². The number of nitrogens with two attached hydrogens (primary N) is 2. The molecule has 100 valence electrons. The van der Waals surface area contributed by atoms with Gasteiger partial charge in [-0.15, -0.1) is 0 Å². The van der Waals surface area contributed by atoms with E-state index in [1.54, 1.807) is 0 Å². The fraction of sp³-hybridized carbons (Fsp3) is 1.00. The summed E-state index contributed by atoms with van der Waals surface area (Å²) in [6.07, 6.45) is 4.18. The second kappa shape index (κ2) is 3.56. The van der Waals surface area contributed by atoms with Crippen LogP contribution in [0.1, 0.15) is 46.5 Å². The maximum Gasteiger partial charge on any atom is 0.192 e. The van der Waals surface area contributed by atoms with E-state index in [0.29, 0.717) is 0 Å². The van der Waals surface area contributed by atoms with Gasteiger partial charge in [-0.1, -0.05) is 20.8 Å². The molecule has 0 heterocycles. The molecule has 1 unspecified atom stereocenters. The van der Waals surface area contributed by atoms with Crippen LogP contribution in [-0.2, 0) is 4.43 Å². The van der Waals surface area contributed by atoms with Gasteiger partial charge in [0.15, 0.2) is 8.32 Å². The zero-order chi connectivity index (χ0) is 13.1. The molecule has 0 spiro atoms. The molecule has 0 aromatic rings. The highest BCUT2D eigenvalue weighted by molar-refractivity contribution is 6.74. The third kappa shape index (κ3) is 2.20. The Bertz CT molecular complexity index is 326. The van der Waals surface area contributed by atoms with Crippen LogP contribution in [0.5, 0.6) is 0 Å². The Morgan fingerprint density at radius 3 is 2.12 bits per heavy atom. The molecule has 4 heteroatoms. The van der Waals surface area contributed by atoms with Crippen molar-refractivity contribution in [2.45, 2.75) is 81.8 Å². The van der Waals surface area contributed by atoms with Crippen molar-refractivity contribution < 1.29 is 4.43 Å². The molecule has 0 aromatic heterocycles. The van der Waals surface area contributed by atoms with E-state index in [1.165, 1.54) is 0 Å². The van der Waals surface area contributed by atoms with Gasteiger partial charge in [0.1, 0.15) is 0 Å². The number of rotatable bonds is 2. The molecule has 3 atom stereocenters. The lowest BCUT2D eigenvalue weighted by molar-refractivity contribution is 0.0989. The minimum Gasteiger partial charge on any atom is -0.412 e. The highest BCUT2D eigenvalue weighted by Gasteiger charge is 2.58. The van der Waals surface area contributed by atoms with Gasteiger partial charge in [-0.25, -0.2) is 0 Å². The van der Waals surface area contributed by atoms with Crippen molar-refractivity contribution in [1.82, 2.24) is 0 Å². The Morgan fingerprint density at radius 2 is 1.76 bits per heavy atom. The summed E-state index contributed by atoms with van der Waals surface area (Å²) in [5.74, 6) is 0. The van der Waals surface area contributed by atoms with E-state index in [0.717, 1.165) is 25.7 Å². The first-order valence-corrected chi connectivity index (χ1v) is 9.64. The summed E-state index contributed by atoms with van der Waals surface area (Å²) in [5.41, 5.74) is 12.7. The lowest BCUT2D eigenvalue weighted by atomic mass is 9.90. The molecule has 2 aliphatic rings. The van der Waals surface area contributed by atoms with Crippen LogP contribution in [-0.4, -0.2) is 25.5 Å². The van der Waals surface area contributed by atoms with Gasteiger partial charge in [0.2, 0.25) is 0 Å². The number of fused-ring (bicyclic) bond motifs is 2. The average Bonchev–Trinajstić information content (AvgIpc) is 2.51. The Labute approximate surface area is 106 Å². The predicted molar refractivity (Wildman–Crippen MR) is 74.4 cm³/mol. The molecule has 3 nitrogen and oxygen atoms in total. The van der Waals surface area contributed by atoms with Gasteiger partial charge in [0.25, 0.3) is 0 Å². The van der Waals surface area contributed by atoms with Gasteiger partial charge < -0.3 is 15.9 Å². The highest BCUT2D eigenvalue weighted by Crippen LogP contribution is 2.51. The Hall–Kier alpha value is 0.0969. The zero-order valence-electron chi connectivity index (χ0n) is 12.0. The van der Waals surface area contributed by atoms with E-state index in [9.17, 15) is 0 Å². The van der Waals surface area contributed by atoms with Crippen molar-refractivity contribution in [3.05, 3.63) is 0 Å². The van der Waals surface area contributed by atoms with Crippen LogP contribution in [0, 0.1) is 0 Å². The Balaban J connectivity index is 2.12. The van der Waals surface area contributed by atoms with E-state index >= 15 is 0 Å². The molecule has 17 heavy (non-hydrogen) atoms. The monoisotopic (exact) mass is 256 g/mol. The first-order chi connectivity index (χ1) is 7.48. The Kier molecular flexibility index (Phi) is 2.83. The smallest absolute Gasteiger partial charge is 0.192 e. The number of hydrogen-bond acceptors (Lipinski definition) is 3. The van der Waals surface area contributed by atoms with Crippen LogP contribution in [0.25, 0.3) is 0 Å². The first-order valence-electron chi connectivity index (χ1n) is 6.73. The summed E-state index contributed by atoms with van der Waals surface area (Å²) >= 11 is 0. The van der Waals surface area contributed by atoms with Crippen molar-refractivity contribution >= 4 is 8.32 Å². The molecule has 0 radical (unpaired) electrons. The van der Waals surface area contributed by atoms with Gasteiger partial charge in [0.05, 0.1) is 6.10 Å². The third-order valence-electron chi connectivity index (χ3n) is 5.25. The van der Waals surface area contributed by atoms with Crippen LogP contribution >= 0.6 is 0 Å². The topological polar surface area (TPSA) is 61.3 Å². The SMILES string of the molecule is CC(C)(C)[Si](C)(C)O[C@@H]1C[C@]2(N)CCC1(N)C2. The molecule has 0 aromatic carbocycles. The summed E-state index contributed by atoms with van der Waals surface area (Å²) < 4.78 is 6.50. The van der Waals surface area contributed by atoms with E-state index < -0.39 is 8.32 Å². The second-order valence-corrected chi connectivity index (χ2v) is 12.6. The van der Waals surface area contributed by atoms with Gasteiger partial charge >= 0.3 is 0 Å². The van der Waals surface area contributed by atoms with Crippen LogP contribution < -0.4 is 11.5 Å². The van der Waals surface area contributed by atoms with Gasteiger partial charge in [0, 0.05) is 11.1 Å². The van der Waals surface area contributed by atoms with Crippen molar-refractivity contribution in [2.75, 3.05) is 0 Å². The molecule has 0 saturated heterocycles. The molecular weight excluding hydrogens is 228 g/mol. The summed E-state index contributed by atoms with van der Waals surface area (Å²) in [5, 5.41) is 0.243. The molecule has 2 saturated carbocycles. The van der Waals surface area contributed by atoms with Gasteiger partial charge in [-0.2, -0.15) is 0 Å². The Morgan fingerprint density at radius 1 is 1.18 bits per heavy atom. The second-order valence-electron chi connectivity index (χ2n) is 7.84. The lowest BCUT2D eigenvalue weighted by Gasteiger charge is -2.43. The molecule has 2 aliphatic carbocycles. The lowest BCUT2D eigenvalue weighted by Crippen LogP contribution is -2.54. The van der Waals surface area contributed by atoms with Crippen molar-refractivity contribution in [3.8, 4) is 0 Å². The molecule has 0 amide bonds. The molecule has 0 aliphatic heterocycles. The zero-order valence-corrected chi connectivity index (χ0v) is 13.0. The summed E-state index contributed by atoms with van der Waals surface area (Å²) in [4.78, 5) is 0. The minimum atomic E-state index is -1.72. The van der Waals surface area contributed by atoms with E-state index in [-0.39, 0.29) is 22.2 Å². The standard InChI is InChI=1S/C13H28N2OSi/c1-11(2,3)17(4,5)16-10-8-12(14)6-7-13(10,15)9-12/h10H,6-9,14-15H2,1-5H3/t10-,12-,13?/m1/s1. The quantitative estimate of drug-likeness (QED) is 0.746. The fourth-order valence-corrected chi connectivity index (χ4v) is 4.41. The third-order valence-corrected chi connectivity index (χ3v) is 9.73. The van der Waals surface area contributed by atoms with Crippen LogP contribution in [0.2, 0.25) is 18.1 Å². The van der Waals surface area contributed by atoms with Crippen LogP contribution in [0.3, 0.4) is 0 Å². The first kappa shape index (κ1) is 13.5. The van der Waals surface area contributed by atoms with Crippen molar-refractivity contribution in [2.24, 2.45) is 11.5 Å². The maximum atomic E-state index is 6.50. The van der Waals surface area contributed by atoms with Crippen molar-refractivity contribution in [1.29, 1.82) is 0 Å². The molecule has 2 fully saturated rings. The highest BCUT2D eigenvalue weighted by atomic mass is 28.4. The minimum absolute atomic E-state index is 0.0399. The summed E-state index contributed by atoms with van der Waals surface area (Å²) in [7, 11) is -1.72. The van der Waals surface area contributed by atoms with E-state index in [4.69, 9.17) is 15.9 Å². The fourth-order valence-electron chi connectivity index (χ4n) is 3.03. The molecular formula is C13H28N2OSi. The maximum absolute atomic E-state index is 6.50.